The van der Waals surface area contributed by atoms with Gasteiger partial charge in [-0.15, -0.1) is 0 Å². The molecule has 0 saturated carbocycles. The van der Waals surface area contributed by atoms with Gasteiger partial charge in [-0.05, 0) is 24.6 Å². The van der Waals surface area contributed by atoms with E-state index in [-0.39, 0.29) is 12.3 Å². The van der Waals surface area contributed by atoms with Crippen LogP contribution in [-0.4, -0.2) is 21.3 Å². The van der Waals surface area contributed by atoms with Gasteiger partial charge in [0.1, 0.15) is 0 Å². The zero-order valence-electron chi connectivity index (χ0n) is 8.03. The molecular weight excluding hydrogens is 260 g/mol. The third-order valence-corrected chi connectivity index (χ3v) is 2.77. The fraction of sp³-hybridized carbons (Fsp3) is 0.300. The van der Waals surface area contributed by atoms with Crippen LogP contribution in [0.15, 0.2) is 27.5 Å². The number of aromatic nitrogens is 2. The van der Waals surface area contributed by atoms with Gasteiger partial charge < -0.3 is 10.1 Å². The van der Waals surface area contributed by atoms with Crippen molar-refractivity contribution in [3.63, 3.8) is 0 Å². The zero-order valence-corrected chi connectivity index (χ0v) is 9.62. The van der Waals surface area contributed by atoms with Crippen LogP contribution in [0.2, 0.25) is 0 Å². The minimum absolute atomic E-state index is 0.0929. The van der Waals surface area contributed by atoms with Crippen LogP contribution >= 0.6 is 15.9 Å². The summed E-state index contributed by atoms with van der Waals surface area (Å²) in [5, 5.41) is 8.74. The summed E-state index contributed by atoms with van der Waals surface area (Å²) in [5.74, 6) is 0. The lowest BCUT2D eigenvalue weighted by Crippen LogP contribution is -2.17. The number of hydrogen-bond acceptors (Lipinski definition) is 2. The maximum Gasteiger partial charge on any atom is 0.326 e. The van der Waals surface area contributed by atoms with E-state index in [1.807, 2.05) is 18.2 Å². The Morgan fingerprint density at radius 2 is 2.27 bits per heavy atom. The maximum absolute atomic E-state index is 11.6. The van der Waals surface area contributed by atoms with Gasteiger partial charge in [0.15, 0.2) is 0 Å². The first-order chi connectivity index (χ1) is 7.22. The van der Waals surface area contributed by atoms with Crippen LogP contribution in [0.1, 0.15) is 6.42 Å². The number of hydrogen-bond donors (Lipinski definition) is 2. The lowest BCUT2D eigenvalue weighted by Gasteiger charge is -2.00. The van der Waals surface area contributed by atoms with Gasteiger partial charge in [-0.1, -0.05) is 15.9 Å². The predicted octanol–water partition coefficient (Wildman–Crippen LogP) is 1.47. The standard InChI is InChI=1S/C10H11BrN2O2/c11-7-2-3-9-8(6-7)12-10(15)13(9)4-1-5-14/h2-3,6,14H,1,4-5H2,(H,12,15). The van der Waals surface area contributed by atoms with Gasteiger partial charge >= 0.3 is 5.69 Å². The van der Waals surface area contributed by atoms with Crippen LogP contribution < -0.4 is 5.69 Å². The molecule has 0 aliphatic rings. The Labute approximate surface area is 94.7 Å². The molecule has 1 aromatic carbocycles. The van der Waals surface area contributed by atoms with Crippen molar-refractivity contribution < 1.29 is 5.11 Å². The molecule has 1 aromatic heterocycles. The van der Waals surface area contributed by atoms with Crippen molar-refractivity contribution in [1.82, 2.24) is 9.55 Å². The maximum atomic E-state index is 11.6. The number of rotatable bonds is 3. The highest BCUT2D eigenvalue weighted by atomic mass is 79.9. The number of benzene rings is 1. The smallest absolute Gasteiger partial charge is 0.326 e. The van der Waals surface area contributed by atoms with Crippen LogP contribution in [0.25, 0.3) is 11.0 Å². The molecule has 2 N–H and O–H groups in total. The van der Waals surface area contributed by atoms with Gasteiger partial charge in [0.05, 0.1) is 11.0 Å². The summed E-state index contributed by atoms with van der Waals surface area (Å²) >= 11 is 3.35. The number of fused-ring (bicyclic) bond motifs is 1. The van der Waals surface area contributed by atoms with E-state index in [9.17, 15) is 4.79 Å². The largest absolute Gasteiger partial charge is 0.396 e. The fourth-order valence-corrected chi connectivity index (χ4v) is 1.95. The summed E-state index contributed by atoms with van der Waals surface area (Å²) < 4.78 is 2.57. The molecule has 0 atom stereocenters. The highest BCUT2D eigenvalue weighted by molar-refractivity contribution is 9.10. The van der Waals surface area contributed by atoms with Gasteiger partial charge in [0, 0.05) is 17.6 Å². The molecule has 0 radical (unpaired) electrons. The summed E-state index contributed by atoms with van der Waals surface area (Å²) in [5.41, 5.74) is 1.56. The number of aryl methyl sites for hydroxylation is 1. The first-order valence-electron chi connectivity index (χ1n) is 4.71. The molecule has 80 valence electrons. The van der Waals surface area contributed by atoms with Crippen molar-refractivity contribution in [1.29, 1.82) is 0 Å². The summed E-state index contributed by atoms with van der Waals surface area (Å²) in [6, 6.07) is 5.64. The number of aromatic amines is 1. The molecule has 0 fully saturated rings. The lowest BCUT2D eigenvalue weighted by molar-refractivity contribution is 0.280. The molecule has 0 unspecified atom stereocenters. The first kappa shape index (κ1) is 10.4. The molecule has 0 aliphatic carbocycles. The number of nitrogens with zero attached hydrogens (tertiary/aromatic N) is 1. The van der Waals surface area contributed by atoms with E-state index in [0.29, 0.717) is 13.0 Å². The van der Waals surface area contributed by atoms with Gasteiger partial charge in [-0.2, -0.15) is 0 Å². The predicted molar refractivity (Wildman–Crippen MR) is 62.0 cm³/mol. The van der Waals surface area contributed by atoms with Crippen molar-refractivity contribution in [2.24, 2.45) is 0 Å². The molecule has 0 aliphatic heterocycles. The van der Waals surface area contributed by atoms with Gasteiger partial charge in [-0.3, -0.25) is 4.57 Å². The van der Waals surface area contributed by atoms with E-state index >= 15 is 0 Å². The van der Waals surface area contributed by atoms with Crippen molar-refractivity contribution >= 4 is 27.0 Å². The van der Waals surface area contributed by atoms with Crippen LogP contribution in [-0.2, 0) is 6.54 Å². The van der Waals surface area contributed by atoms with Crippen molar-refractivity contribution in [2.45, 2.75) is 13.0 Å². The third kappa shape index (κ3) is 1.98. The van der Waals surface area contributed by atoms with Crippen molar-refractivity contribution in [2.75, 3.05) is 6.61 Å². The molecule has 1 heterocycles. The Kier molecular flexibility index (Phi) is 2.93. The number of halogens is 1. The number of nitrogens with one attached hydrogen (secondary N) is 1. The topological polar surface area (TPSA) is 58.0 Å². The Bertz CT molecular complexity index is 530. The van der Waals surface area contributed by atoms with E-state index in [0.717, 1.165) is 15.5 Å². The number of aliphatic hydroxyl groups excluding tert-OH is 1. The molecule has 15 heavy (non-hydrogen) atoms. The zero-order chi connectivity index (χ0) is 10.8. The van der Waals surface area contributed by atoms with E-state index in [1.54, 1.807) is 4.57 Å². The molecule has 5 heteroatoms. The second-order valence-corrected chi connectivity index (χ2v) is 4.24. The Morgan fingerprint density at radius 3 is 3.00 bits per heavy atom. The molecule has 0 amide bonds. The molecule has 2 aromatic rings. The number of aliphatic hydroxyl groups is 1. The monoisotopic (exact) mass is 270 g/mol. The van der Waals surface area contributed by atoms with Crippen molar-refractivity contribution in [3.8, 4) is 0 Å². The average molecular weight is 271 g/mol. The fourth-order valence-electron chi connectivity index (χ4n) is 1.59. The second kappa shape index (κ2) is 4.20. The molecule has 2 rings (SSSR count). The quantitative estimate of drug-likeness (QED) is 0.888. The average Bonchev–Trinajstić information content (AvgIpc) is 2.50. The Hall–Kier alpha value is -1.07. The van der Waals surface area contributed by atoms with E-state index in [2.05, 4.69) is 20.9 Å². The van der Waals surface area contributed by atoms with E-state index < -0.39 is 0 Å². The lowest BCUT2D eigenvalue weighted by atomic mass is 10.3. The van der Waals surface area contributed by atoms with Crippen LogP contribution in [0.4, 0.5) is 0 Å². The number of imidazole rings is 1. The first-order valence-corrected chi connectivity index (χ1v) is 5.50. The third-order valence-electron chi connectivity index (χ3n) is 2.28. The van der Waals surface area contributed by atoms with Crippen LogP contribution in [0.5, 0.6) is 0 Å². The van der Waals surface area contributed by atoms with Gasteiger partial charge in [-0.25, -0.2) is 4.79 Å². The summed E-state index contributed by atoms with van der Waals surface area (Å²) in [7, 11) is 0. The molecular formula is C10H11BrN2O2. The molecule has 0 bridgehead atoms. The number of H-pyrrole nitrogens is 1. The summed E-state index contributed by atoms with van der Waals surface area (Å²) in [6.45, 7) is 0.632. The van der Waals surface area contributed by atoms with Crippen LogP contribution in [0.3, 0.4) is 0 Å². The van der Waals surface area contributed by atoms with E-state index in [1.165, 1.54) is 0 Å². The minimum Gasteiger partial charge on any atom is -0.396 e. The SMILES string of the molecule is O=c1[nH]c2cc(Br)ccc2n1CCCO. The Balaban J connectivity index is 2.53. The van der Waals surface area contributed by atoms with Crippen LogP contribution in [0, 0.1) is 0 Å². The minimum atomic E-state index is -0.128. The molecule has 4 nitrogen and oxygen atoms in total. The second-order valence-electron chi connectivity index (χ2n) is 3.32. The summed E-state index contributed by atoms with van der Waals surface area (Å²) in [4.78, 5) is 14.3. The van der Waals surface area contributed by atoms with Gasteiger partial charge in [0.25, 0.3) is 0 Å². The van der Waals surface area contributed by atoms with E-state index in [4.69, 9.17) is 5.11 Å². The normalized spacial score (nSPS) is 11.1. The van der Waals surface area contributed by atoms with Gasteiger partial charge in [0.2, 0.25) is 0 Å². The highest BCUT2D eigenvalue weighted by Gasteiger charge is 2.05. The molecule has 0 spiro atoms. The summed E-state index contributed by atoms with van der Waals surface area (Å²) in [6.07, 6.45) is 0.586. The Morgan fingerprint density at radius 1 is 1.47 bits per heavy atom. The molecule has 0 saturated heterocycles. The van der Waals surface area contributed by atoms with Crippen molar-refractivity contribution in [3.05, 3.63) is 33.2 Å². The highest BCUT2D eigenvalue weighted by Crippen LogP contribution is 2.17.